The molecule has 1 aromatic heterocycles. The van der Waals surface area contributed by atoms with Crippen LogP contribution in [-0.4, -0.2) is 31.1 Å². The van der Waals surface area contributed by atoms with E-state index in [4.69, 9.17) is 9.15 Å². The number of amides is 2. The van der Waals surface area contributed by atoms with Crippen molar-refractivity contribution in [1.29, 1.82) is 0 Å². The monoisotopic (exact) mass is 316 g/mol. The first-order valence-electron chi connectivity index (χ1n) is 7.73. The molecule has 5 heteroatoms. The fourth-order valence-corrected chi connectivity index (χ4v) is 2.09. The number of urea groups is 1. The van der Waals surface area contributed by atoms with Crippen LogP contribution in [0.3, 0.4) is 0 Å². The molecule has 0 saturated heterocycles. The first-order chi connectivity index (χ1) is 11.0. The smallest absolute Gasteiger partial charge is 0.317 e. The number of carbonyl (C=O) groups excluding carboxylic acids is 1. The Morgan fingerprint density at radius 2 is 1.91 bits per heavy atom. The molecule has 23 heavy (non-hydrogen) atoms. The van der Waals surface area contributed by atoms with Crippen molar-refractivity contribution in [3.05, 3.63) is 53.5 Å². The highest BCUT2D eigenvalue weighted by Crippen LogP contribution is 2.15. The van der Waals surface area contributed by atoms with Gasteiger partial charge in [-0.1, -0.05) is 17.7 Å². The SMILES string of the molecule is Cc1ccc(OCCN(C)C(=O)NC(C)c2ccc(C)o2)cc1. The molecule has 0 bridgehead atoms. The Bertz CT molecular complexity index is 634. The number of benzene rings is 1. The van der Waals surface area contributed by atoms with Crippen LogP contribution in [0.4, 0.5) is 4.79 Å². The summed E-state index contributed by atoms with van der Waals surface area (Å²) in [6, 6.07) is 11.3. The van der Waals surface area contributed by atoms with Gasteiger partial charge in [-0.15, -0.1) is 0 Å². The molecule has 1 aromatic carbocycles. The van der Waals surface area contributed by atoms with Crippen molar-refractivity contribution in [2.75, 3.05) is 20.2 Å². The summed E-state index contributed by atoms with van der Waals surface area (Å²) in [5.41, 5.74) is 1.19. The fraction of sp³-hybridized carbons (Fsp3) is 0.389. The molecule has 5 nitrogen and oxygen atoms in total. The van der Waals surface area contributed by atoms with E-state index in [9.17, 15) is 4.79 Å². The minimum Gasteiger partial charge on any atom is -0.492 e. The number of nitrogens with zero attached hydrogens (tertiary/aromatic N) is 1. The van der Waals surface area contributed by atoms with Crippen molar-refractivity contribution < 1.29 is 13.9 Å². The summed E-state index contributed by atoms with van der Waals surface area (Å²) in [7, 11) is 1.74. The third-order valence-electron chi connectivity index (χ3n) is 3.59. The van der Waals surface area contributed by atoms with Gasteiger partial charge < -0.3 is 19.4 Å². The first-order valence-corrected chi connectivity index (χ1v) is 7.73. The second kappa shape index (κ2) is 7.72. The molecule has 0 aliphatic rings. The highest BCUT2D eigenvalue weighted by molar-refractivity contribution is 5.74. The van der Waals surface area contributed by atoms with Gasteiger partial charge >= 0.3 is 6.03 Å². The normalized spacial score (nSPS) is 11.8. The molecule has 0 spiro atoms. The van der Waals surface area contributed by atoms with Crippen molar-refractivity contribution in [2.45, 2.75) is 26.8 Å². The Morgan fingerprint density at radius 1 is 1.22 bits per heavy atom. The molecule has 0 aliphatic heterocycles. The summed E-state index contributed by atoms with van der Waals surface area (Å²) < 4.78 is 11.2. The summed E-state index contributed by atoms with van der Waals surface area (Å²) in [6.45, 7) is 6.76. The fourth-order valence-electron chi connectivity index (χ4n) is 2.09. The zero-order chi connectivity index (χ0) is 16.8. The Kier molecular flexibility index (Phi) is 5.68. The molecule has 2 rings (SSSR count). The van der Waals surface area contributed by atoms with Gasteiger partial charge in [0.15, 0.2) is 0 Å². The highest BCUT2D eigenvalue weighted by atomic mass is 16.5. The number of carbonyl (C=O) groups is 1. The maximum absolute atomic E-state index is 12.1. The van der Waals surface area contributed by atoms with E-state index in [1.54, 1.807) is 11.9 Å². The van der Waals surface area contributed by atoms with Crippen LogP contribution in [0.5, 0.6) is 5.75 Å². The van der Waals surface area contributed by atoms with Crippen LogP contribution in [0, 0.1) is 13.8 Å². The van der Waals surface area contributed by atoms with Gasteiger partial charge in [-0.05, 0) is 45.0 Å². The molecule has 1 unspecified atom stereocenters. The van der Waals surface area contributed by atoms with Gasteiger partial charge in [-0.25, -0.2) is 4.79 Å². The lowest BCUT2D eigenvalue weighted by Crippen LogP contribution is -2.40. The summed E-state index contributed by atoms with van der Waals surface area (Å²) in [4.78, 5) is 13.7. The van der Waals surface area contributed by atoms with Crippen LogP contribution in [0.15, 0.2) is 40.8 Å². The number of likely N-dealkylation sites (N-methyl/N-ethyl adjacent to an activating group) is 1. The van der Waals surface area contributed by atoms with Gasteiger partial charge in [-0.2, -0.15) is 0 Å². The quantitative estimate of drug-likeness (QED) is 0.884. The Morgan fingerprint density at radius 3 is 2.52 bits per heavy atom. The second-order valence-electron chi connectivity index (χ2n) is 5.70. The van der Waals surface area contributed by atoms with E-state index in [1.807, 2.05) is 57.2 Å². The molecule has 0 fully saturated rings. The molecule has 0 aliphatic carbocycles. The largest absolute Gasteiger partial charge is 0.492 e. The van der Waals surface area contributed by atoms with E-state index in [0.29, 0.717) is 13.2 Å². The molecular formula is C18H24N2O3. The molecule has 2 aromatic rings. The molecule has 124 valence electrons. The van der Waals surface area contributed by atoms with Crippen LogP contribution in [0.1, 0.15) is 30.0 Å². The zero-order valence-electron chi connectivity index (χ0n) is 14.1. The van der Waals surface area contributed by atoms with Gasteiger partial charge in [-0.3, -0.25) is 0 Å². The first kappa shape index (κ1) is 16.9. The number of rotatable bonds is 6. The third-order valence-corrected chi connectivity index (χ3v) is 3.59. The molecule has 2 amide bonds. The zero-order valence-corrected chi connectivity index (χ0v) is 14.1. The van der Waals surface area contributed by atoms with Crippen LogP contribution in [0.2, 0.25) is 0 Å². The summed E-state index contributed by atoms with van der Waals surface area (Å²) >= 11 is 0. The molecule has 1 N–H and O–H groups in total. The molecule has 0 saturated carbocycles. The van der Waals surface area contributed by atoms with E-state index < -0.39 is 0 Å². The predicted molar refractivity (Wildman–Crippen MR) is 89.7 cm³/mol. The van der Waals surface area contributed by atoms with Crippen molar-refractivity contribution in [1.82, 2.24) is 10.2 Å². The number of nitrogens with one attached hydrogen (secondary N) is 1. The number of aryl methyl sites for hydroxylation is 2. The number of hydrogen-bond donors (Lipinski definition) is 1. The average Bonchev–Trinajstić information content (AvgIpc) is 2.95. The summed E-state index contributed by atoms with van der Waals surface area (Å²) in [6.07, 6.45) is 0. The van der Waals surface area contributed by atoms with Crippen molar-refractivity contribution in [3.8, 4) is 5.75 Å². The minimum absolute atomic E-state index is 0.154. The lowest BCUT2D eigenvalue weighted by molar-refractivity contribution is 0.191. The predicted octanol–water partition coefficient (Wildman–Crippen LogP) is 3.68. The lowest BCUT2D eigenvalue weighted by Gasteiger charge is -2.20. The van der Waals surface area contributed by atoms with Gasteiger partial charge in [0.05, 0.1) is 12.6 Å². The topological polar surface area (TPSA) is 54.7 Å². The molecule has 1 heterocycles. The molecule has 0 radical (unpaired) electrons. The standard InChI is InChI=1S/C18H24N2O3/c1-13-5-8-16(9-6-13)22-12-11-20(4)18(21)19-15(3)17-10-7-14(2)23-17/h5-10,15H,11-12H2,1-4H3,(H,19,21). The van der Waals surface area contributed by atoms with Crippen LogP contribution in [0.25, 0.3) is 0 Å². The van der Waals surface area contributed by atoms with Crippen LogP contribution < -0.4 is 10.1 Å². The average molecular weight is 316 g/mol. The van der Waals surface area contributed by atoms with E-state index in [1.165, 1.54) is 5.56 Å². The Hall–Kier alpha value is -2.43. The number of furan rings is 1. The highest BCUT2D eigenvalue weighted by Gasteiger charge is 2.15. The minimum atomic E-state index is -0.170. The van der Waals surface area contributed by atoms with Crippen LogP contribution in [-0.2, 0) is 0 Å². The summed E-state index contributed by atoms with van der Waals surface area (Å²) in [5.74, 6) is 2.39. The van der Waals surface area contributed by atoms with Crippen molar-refractivity contribution in [3.63, 3.8) is 0 Å². The molecular weight excluding hydrogens is 292 g/mol. The summed E-state index contributed by atoms with van der Waals surface area (Å²) in [5, 5.41) is 2.90. The third kappa shape index (κ3) is 5.06. The van der Waals surface area contributed by atoms with Crippen molar-refractivity contribution >= 4 is 6.03 Å². The van der Waals surface area contributed by atoms with Gasteiger partial charge in [0.2, 0.25) is 0 Å². The van der Waals surface area contributed by atoms with Gasteiger partial charge in [0.1, 0.15) is 23.9 Å². The van der Waals surface area contributed by atoms with E-state index >= 15 is 0 Å². The van der Waals surface area contributed by atoms with Crippen LogP contribution >= 0.6 is 0 Å². The van der Waals surface area contributed by atoms with E-state index in [2.05, 4.69) is 5.32 Å². The maximum atomic E-state index is 12.1. The second-order valence-corrected chi connectivity index (χ2v) is 5.70. The van der Waals surface area contributed by atoms with E-state index in [-0.39, 0.29) is 12.1 Å². The van der Waals surface area contributed by atoms with Gasteiger partial charge in [0.25, 0.3) is 0 Å². The number of ether oxygens (including phenoxy) is 1. The Balaban J connectivity index is 1.75. The lowest BCUT2D eigenvalue weighted by atomic mass is 10.2. The van der Waals surface area contributed by atoms with E-state index in [0.717, 1.165) is 17.3 Å². The maximum Gasteiger partial charge on any atom is 0.317 e. The number of hydrogen-bond acceptors (Lipinski definition) is 3. The molecule has 1 atom stereocenters. The Labute approximate surface area is 137 Å². The van der Waals surface area contributed by atoms with Gasteiger partial charge in [0, 0.05) is 7.05 Å². The van der Waals surface area contributed by atoms with Crippen molar-refractivity contribution in [2.24, 2.45) is 0 Å².